The van der Waals surface area contributed by atoms with Crippen LogP contribution in [0.25, 0.3) is 0 Å². The van der Waals surface area contributed by atoms with Gasteiger partial charge in [-0.2, -0.15) is 4.31 Å². The first kappa shape index (κ1) is 22.0. The second kappa shape index (κ2) is 9.40. The van der Waals surface area contributed by atoms with Gasteiger partial charge in [0.2, 0.25) is 21.8 Å². The van der Waals surface area contributed by atoms with E-state index in [2.05, 4.69) is 10.5 Å². The topological polar surface area (TPSA) is 113 Å². The molecule has 0 spiro atoms. The average molecular weight is 435 g/mol. The van der Waals surface area contributed by atoms with E-state index in [1.54, 1.807) is 18.7 Å². The van der Waals surface area contributed by atoms with E-state index in [9.17, 15) is 18.0 Å². The van der Waals surface area contributed by atoms with Gasteiger partial charge in [0.1, 0.15) is 10.6 Å². The number of carbonyl (C=O) groups is 2. The van der Waals surface area contributed by atoms with E-state index in [1.807, 2.05) is 30.3 Å². The fourth-order valence-electron chi connectivity index (χ4n) is 3.49. The van der Waals surface area contributed by atoms with Crippen LogP contribution in [0, 0.1) is 13.8 Å². The monoisotopic (exact) mass is 434 g/mol. The zero-order valence-corrected chi connectivity index (χ0v) is 17.9. The van der Waals surface area contributed by atoms with Gasteiger partial charge in [-0.15, -0.1) is 0 Å². The third kappa shape index (κ3) is 5.06. The molecule has 1 fully saturated rings. The maximum absolute atomic E-state index is 13.0. The largest absolute Gasteiger partial charge is 0.360 e. The number of hydrogen-bond acceptors (Lipinski definition) is 6. The van der Waals surface area contributed by atoms with E-state index >= 15 is 0 Å². The Morgan fingerprint density at radius 1 is 1.10 bits per heavy atom. The first-order valence-corrected chi connectivity index (χ1v) is 11.2. The van der Waals surface area contributed by atoms with Crippen molar-refractivity contribution in [2.45, 2.75) is 31.6 Å². The molecule has 1 saturated heterocycles. The van der Waals surface area contributed by atoms with Crippen LogP contribution >= 0.6 is 0 Å². The van der Waals surface area contributed by atoms with E-state index in [-0.39, 0.29) is 48.5 Å². The fourth-order valence-corrected chi connectivity index (χ4v) is 5.25. The summed E-state index contributed by atoms with van der Waals surface area (Å²) in [7, 11) is -3.74. The highest BCUT2D eigenvalue weighted by atomic mass is 32.2. The first-order valence-electron chi connectivity index (χ1n) is 9.80. The van der Waals surface area contributed by atoms with Gasteiger partial charge in [-0.1, -0.05) is 35.5 Å². The lowest BCUT2D eigenvalue weighted by atomic mass is 10.1. The van der Waals surface area contributed by atoms with Gasteiger partial charge in [0, 0.05) is 26.2 Å². The number of aromatic nitrogens is 1. The summed E-state index contributed by atoms with van der Waals surface area (Å²) in [5, 5.41) is 6.37. The molecule has 2 aromatic rings. The Labute approximate surface area is 176 Å². The first-order chi connectivity index (χ1) is 14.3. The highest BCUT2D eigenvalue weighted by Gasteiger charge is 2.32. The Kier molecular flexibility index (Phi) is 6.88. The second-order valence-electron chi connectivity index (χ2n) is 7.23. The highest BCUT2D eigenvalue weighted by molar-refractivity contribution is 7.89. The molecule has 10 heteroatoms. The zero-order valence-electron chi connectivity index (χ0n) is 17.1. The number of sulfonamides is 1. The van der Waals surface area contributed by atoms with Crippen LogP contribution in [0.1, 0.15) is 23.4 Å². The predicted molar refractivity (Wildman–Crippen MR) is 109 cm³/mol. The number of benzene rings is 1. The molecular weight excluding hydrogens is 408 g/mol. The molecule has 2 heterocycles. The quantitative estimate of drug-likeness (QED) is 0.722. The number of aryl methyl sites for hydroxylation is 2. The van der Waals surface area contributed by atoms with Crippen molar-refractivity contribution in [3.8, 4) is 0 Å². The molecule has 0 atom stereocenters. The number of carbonyl (C=O) groups excluding carboxylic acids is 2. The number of amides is 2. The van der Waals surface area contributed by atoms with Crippen LogP contribution in [0.4, 0.5) is 0 Å². The normalized spacial score (nSPS) is 15.6. The molecule has 2 amide bonds. The van der Waals surface area contributed by atoms with E-state index in [0.717, 1.165) is 5.56 Å². The van der Waals surface area contributed by atoms with Crippen LogP contribution in [0.5, 0.6) is 0 Å². The molecule has 1 aromatic heterocycles. The molecule has 30 heavy (non-hydrogen) atoms. The molecular formula is C20H26N4O5S. The predicted octanol–water partition coefficient (Wildman–Crippen LogP) is 0.873. The summed E-state index contributed by atoms with van der Waals surface area (Å²) in [6.45, 7) is 4.22. The number of rotatable bonds is 6. The summed E-state index contributed by atoms with van der Waals surface area (Å²) >= 11 is 0. The van der Waals surface area contributed by atoms with Gasteiger partial charge in [-0.05, 0) is 25.8 Å². The van der Waals surface area contributed by atoms with Crippen LogP contribution in [0.3, 0.4) is 0 Å². The summed E-state index contributed by atoms with van der Waals surface area (Å²) in [5.41, 5.74) is 1.20. The zero-order chi connectivity index (χ0) is 21.7. The fraction of sp³-hybridized carbons (Fsp3) is 0.450. The van der Waals surface area contributed by atoms with E-state index in [1.165, 1.54) is 4.31 Å². The molecule has 1 aromatic carbocycles. The maximum Gasteiger partial charge on any atom is 0.248 e. The molecule has 9 nitrogen and oxygen atoms in total. The molecule has 0 saturated carbocycles. The third-order valence-electron chi connectivity index (χ3n) is 5.02. The Morgan fingerprint density at radius 3 is 2.50 bits per heavy atom. The minimum absolute atomic E-state index is 0.0930. The van der Waals surface area contributed by atoms with Crippen LogP contribution in [-0.4, -0.2) is 67.3 Å². The molecule has 0 bridgehead atoms. The second-order valence-corrected chi connectivity index (χ2v) is 9.11. The minimum atomic E-state index is -3.74. The smallest absolute Gasteiger partial charge is 0.248 e. The SMILES string of the molecule is Cc1noc(C)c1S(=O)(=O)N1CCCN(C(=O)CNC(=O)Cc2ccccc2)CC1. The Bertz CT molecular complexity index is 984. The van der Waals surface area contributed by atoms with Crippen molar-refractivity contribution < 1.29 is 22.5 Å². The van der Waals surface area contributed by atoms with Crippen LogP contribution < -0.4 is 5.32 Å². The number of nitrogens with one attached hydrogen (secondary N) is 1. The lowest BCUT2D eigenvalue weighted by Gasteiger charge is -2.22. The standard InChI is InChI=1S/C20H26N4O5S/c1-15-20(16(2)29-22-15)30(27,28)24-10-6-9-23(11-12-24)19(26)14-21-18(25)13-17-7-4-3-5-8-17/h3-5,7-8H,6,9-14H2,1-2H3,(H,21,25). The van der Waals surface area contributed by atoms with Crippen molar-refractivity contribution in [3.05, 3.63) is 47.3 Å². The van der Waals surface area contributed by atoms with Gasteiger partial charge in [-0.25, -0.2) is 8.42 Å². The molecule has 162 valence electrons. The minimum Gasteiger partial charge on any atom is -0.360 e. The van der Waals surface area contributed by atoms with Gasteiger partial charge in [-0.3, -0.25) is 9.59 Å². The average Bonchev–Trinajstić information content (AvgIpc) is 2.92. The molecule has 1 aliphatic heterocycles. The van der Waals surface area contributed by atoms with Crippen molar-refractivity contribution in [2.24, 2.45) is 0 Å². The lowest BCUT2D eigenvalue weighted by Crippen LogP contribution is -2.42. The van der Waals surface area contributed by atoms with Gasteiger partial charge in [0.05, 0.1) is 13.0 Å². The van der Waals surface area contributed by atoms with Gasteiger partial charge >= 0.3 is 0 Å². The summed E-state index contributed by atoms with van der Waals surface area (Å²) < 4.78 is 32.3. The van der Waals surface area contributed by atoms with E-state index < -0.39 is 10.0 Å². The summed E-state index contributed by atoms with van der Waals surface area (Å²) in [6, 6.07) is 9.29. The Balaban J connectivity index is 1.54. The molecule has 0 aliphatic carbocycles. The summed E-state index contributed by atoms with van der Waals surface area (Å²) in [4.78, 5) is 26.3. The molecule has 0 radical (unpaired) electrons. The molecule has 1 aliphatic rings. The van der Waals surface area contributed by atoms with Crippen molar-refractivity contribution in [3.63, 3.8) is 0 Å². The van der Waals surface area contributed by atoms with Gasteiger partial charge < -0.3 is 14.7 Å². The number of hydrogen-bond donors (Lipinski definition) is 1. The summed E-state index contributed by atoms with van der Waals surface area (Å²) in [5.74, 6) is -0.203. The van der Waals surface area contributed by atoms with Crippen molar-refractivity contribution in [1.82, 2.24) is 19.7 Å². The van der Waals surface area contributed by atoms with Crippen molar-refractivity contribution >= 4 is 21.8 Å². The molecule has 0 unspecified atom stereocenters. The lowest BCUT2D eigenvalue weighted by molar-refractivity contribution is -0.132. The van der Waals surface area contributed by atoms with Crippen LogP contribution in [-0.2, 0) is 26.0 Å². The Morgan fingerprint density at radius 2 is 1.83 bits per heavy atom. The van der Waals surface area contributed by atoms with Crippen LogP contribution in [0.2, 0.25) is 0 Å². The van der Waals surface area contributed by atoms with Crippen molar-refractivity contribution in [1.29, 1.82) is 0 Å². The van der Waals surface area contributed by atoms with Crippen LogP contribution in [0.15, 0.2) is 39.8 Å². The molecule has 3 rings (SSSR count). The van der Waals surface area contributed by atoms with Crippen molar-refractivity contribution in [2.75, 3.05) is 32.7 Å². The maximum atomic E-state index is 13.0. The molecule has 1 N–H and O–H groups in total. The highest BCUT2D eigenvalue weighted by Crippen LogP contribution is 2.24. The Hall–Kier alpha value is -2.72. The van der Waals surface area contributed by atoms with E-state index in [0.29, 0.717) is 25.2 Å². The number of nitrogens with zero attached hydrogens (tertiary/aromatic N) is 3. The van der Waals surface area contributed by atoms with Gasteiger partial charge in [0.15, 0.2) is 5.76 Å². The van der Waals surface area contributed by atoms with E-state index in [4.69, 9.17) is 4.52 Å². The summed E-state index contributed by atoms with van der Waals surface area (Å²) in [6.07, 6.45) is 0.712. The third-order valence-corrected chi connectivity index (χ3v) is 7.16. The van der Waals surface area contributed by atoms with Gasteiger partial charge in [0.25, 0.3) is 0 Å².